The van der Waals surface area contributed by atoms with Crippen molar-refractivity contribution in [3.8, 4) is 11.8 Å². The van der Waals surface area contributed by atoms with Gasteiger partial charge >= 0.3 is 0 Å². The summed E-state index contributed by atoms with van der Waals surface area (Å²) in [5.41, 5.74) is 5.95. The highest BCUT2D eigenvalue weighted by molar-refractivity contribution is 5.91. The van der Waals surface area contributed by atoms with Crippen LogP contribution < -0.4 is 11.1 Å². The van der Waals surface area contributed by atoms with Crippen molar-refractivity contribution in [3.63, 3.8) is 0 Å². The number of carbonyl (C=O) groups excluding carboxylic acids is 1. The lowest BCUT2D eigenvalue weighted by atomic mass is 9.89. The molecule has 0 atom stereocenters. The number of aromatic nitrogens is 1. The first-order valence-electron chi connectivity index (χ1n) is 6.76. The van der Waals surface area contributed by atoms with E-state index in [0.29, 0.717) is 18.1 Å². The van der Waals surface area contributed by atoms with Crippen molar-refractivity contribution < 1.29 is 4.79 Å². The summed E-state index contributed by atoms with van der Waals surface area (Å²) in [7, 11) is 0. The molecule has 0 aromatic carbocycles. The van der Waals surface area contributed by atoms with Crippen LogP contribution in [0.2, 0.25) is 0 Å². The van der Waals surface area contributed by atoms with E-state index in [9.17, 15) is 4.79 Å². The standard InChI is InChI=1S/C15H19N3O/c16-11-5-9-13-8-4-10-14(17-13)18-15(19)12-6-2-1-3-7-12/h4,8,10,12H,1-3,6-7,11,16H2,(H,17,18,19). The third-order valence-corrected chi connectivity index (χ3v) is 3.29. The number of carbonyl (C=O) groups is 1. The van der Waals surface area contributed by atoms with E-state index in [2.05, 4.69) is 22.1 Å². The smallest absolute Gasteiger partial charge is 0.228 e. The first-order valence-corrected chi connectivity index (χ1v) is 6.76. The summed E-state index contributed by atoms with van der Waals surface area (Å²) in [5.74, 6) is 6.39. The molecule has 1 amide bonds. The Kier molecular flexibility index (Phi) is 4.93. The van der Waals surface area contributed by atoms with Gasteiger partial charge in [-0.15, -0.1) is 0 Å². The fourth-order valence-corrected chi connectivity index (χ4v) is 2.31. The quantitative estimate of drug-likeness (QED) is 0.795. The predicted molar refractivity (Wildman–Crippen MR) is 75.4 cm³/mol. The van der Waals surface area contributed by atoms with Crippen molar-refractivity contribution in [3.05, 3.63) is 23.9 Å². The summed E-state index contributed by atoms with van der Waals surface area (Å²) >= 11 is 0. The van der Waals surface area contributed by atoms with Crippen LogP contribution in [0.5, 0.6) is 0 Å². The minimum Gasteiger partial charge on any atom is -0.320 e. The molecule has 0 unspecified atom stereocenters. The van der Waals surface area contributed by atoms with Gasteiger partial charge in [0, 0.05) is 5.92 Å². The number of nitrogens with zero attached hydrogens (tertiary/aromatic N) is 1. The Morgan fingerprint density at radius 2 is 2.16 bits per heavy atom. The molecule has 3 N–H and O–H groups in total. The van der Waals surface area contributed by atoms with E-state index in [-0.39, 0.29) is 11.8 Å². The van der Waals surface area contributed by atoms with Crippen molar-refractivity contribution >= 4 is 11.7 Å². The summed E-state index contributed by atoms with van der Waals surface area (Å²) in [6, 6.07) is 5.43. The fourth-order valence-electron chi connectivity index (χ4n) is 2.31. The third-order valence-electron chi connectivity index (χ3n) is 3.29. The zero-order valence-electron chi connectivity index (χ0n) is 11.0. The van der Waals surface area contributed by atoms with E-state index in [1.54, 1.807) is 12.1 Å². The molecule has 0 aliphatic heterocycles. The van der Waals surface area contributed by atoms with Crippen LogP contribution >= 0.6 is 0 Å². The number of hydrogen-bond acceptors (Lipinski definition) is 3. The van der Waals surface area contributed by atoms with Crippen LogP contribution in [-0.4, -0.2) is 17.4 Å². The second-order valence-electron chi connectivity index (χ2n) is 4.74. The average molecular weight is 257 g/mol. The Balaban J connectivity index is 1.99. The lowest BCUT2D eigenvalue weighted by Crippen LogP contribution is -2.25. The molecule has 0 bridgehead atoms. The molecule has 2 rings (SSSR count). The van der Waals surface area contributed by atoms with Crippen molar-refractivity contribution in [1.82, 2.24) is 4.98 Å². The molecule has 1 fully saturated rings. The monoisotopic (exact) mass is 257 g/mol. The van der Waals surface area contributed by atoms with Crippen LogP contribution in [0, 0.1) is 17.8 Å². The second-order valence-corrected chi connectivity index (χ2v) is 4.74. The Morgan fingerprint density at radius 3 is 2.89 bits per heavy atom. The molecule has 0 spiro atoms. The molecule has 1 aliphatic rings. The van der Waals surface area contributed by atoms with Gasteiger partial charge in [-0.2, -0.15) is 0 Å². The first-order chi connectivity index (χ1) is 9.29. The normalized spacial score (nSPS) is 15.4. The van der Waals surface area contributed by atoms with Gasteiger partial charge in [-0.1, -0.05) is 31.2 Å². The first kappa shape index (κ1) is 13.6. The Hall–Kier alpha value is -1.86. The number of amides is 1. The second kappa shape index (κ2) is 6.91. The summed E-state index contributed by atoms with van der Waals surface area (Å²) in [4.78, 5) is 16.4. The molecule has 1 aliphatic carbocycles. The summed E-state index contributed by atoms with van der Waals surface area (Å²) in [6.07, 6.45) is 5.50. The van der Waals surface area contributed by atoms with Gasteiger partial charge in [-0.05, 0) is 30.9 Å². The van der Waals surface area contributed by atoms with Crippen molar-refractivity contribution in [2.45, 2.75) is 32.1 Å². The van der Waals surface area contributed by atoms with Gasteiger partial charge < -0.3 is 11.1 Å². The van der Waals surface area contributed by atoms with E-state index in [1.807, 2.05) is 6.07 Å². The topological polar surface area (TPSA) is 68.0 Å². The van der Waals surface area contributed by atoms with Crippen LogP contribution in [-0.2, 0) is 4.79 Å². The minimum atomic E-state index is 0.0798. The van der Waals surface area contributed by atoms with Crippen LogP contribution in [0.1, 0.15) is 37.8 Å². The van der Waals surface area contributed by atoms with Crippen molar-refractivity contribution in [2.24, 2.45) is 11.7 Å². The highest BCUT2D eigenvalue weighted by Crippen LogP contribution is 2.24. The van der Waals surface area contributed by atoms with Gasteiger partial charge in [0.25, 0.3) is 0 Å². The zero-order chi connectivity index (χ0) is 13.5. The molecule has 1 aromatic heterocycles. The van der Waals surface area contributed by atoms with Gasteiger partial charge in [0.05, 0.1) is 6.54 Å². The highest BCUT2D eigenvalue weighted by Gasteiger charge is 2.21. The van der Waals surface area contributed by atoms with Crippen LogP contribution in [0.3, 0.4) is 0 Å². The third kappa shape index (κ3) is 4.08. The van der Waals surface area contributed by atoms with E-state index in [4.69, 9.17) is 5.73 Å². The number of hydrogen-bond donors (Lipinski definition) is 2. The maximum Gasteiger partial charge on any atom is 0.228 e. The van der Waals surface area contributed by atoms with Gasteiger partial charge in [-0.3, -0.25) is 4.79 Å². The lowest BCUT2D eigenvalue weighted by molar-refractivity contribution is -0.120. The average Bonchev–Trinajstić information content (AvgIpc) is 2.46. The number of pyridine rings is 1. The molecule has 4 nitrogen and oxygen atoms in total. The molecule has 1 aromatic rings. The largest absolute Gasteiger partial charge is 0.320 e. The Morgan fingerprint density at radius 1 is 1.37 bits per heavy atom. The van der Waals surface area contributed by atoms with Gasteiger partial charge in [0.2, 0.25) is 5.91 Å². The summed E-state index contributed by atoms with van der Waals surface area (Å²) in [6.45, 7) is 0.306. The zero-order valence-corrected chi connectivity index (χ0v) is 11.0. The number of anilines is 1. The summed E-state index contributed by atoms with van der Waals surface area (Å²) < 4.78 is 0. The van der Waals surface area contributed by atoms with E-state index in [1.165, 1.54) is 6.42 Å². The molecular formula is C15H19N3O. The molecule has 0 radical (unpaired) electrons. The Labute approximate surface area is 113 Å². The number of nitrogens with two attached hydrogens (primary N) is 1. The molecule has 4 heteroatoms. The predicted octanol–water partition coefficient (Wildman–Crippen LogP) is 1.91. The minimum absolute atomic E-state index is 0.0798. The summed E-state index contributed by atoms with van der Waals surface area (Å²) in [5, 5.41) is 2.88. The SMILES string of the molecule is NCC#Cc1cccc(NC(=O)C2CCCCC2)n1. The number of rotatable bonds is 2. The van der Waals surface area contributed by atoms with E-state index >= 15 is 0 Å². The van der Waals surface area contributed by atoms with Gasteiger partial charge in [0.15, 0.2) is 0 Å². The molecule has 19 heavy (non-hydrogen) atoms. The fraction of sp³-hybridized carbons (Fsp3) is 0.467. The maximum absolute atomic E-state index is 12.1. The Bertz CT molecular complexity index is 496. The van der Waals surface area contributed by atoms with Crippen molar-refractivity contribution in [1.29, 1.82) is 0 Å². The van der Waals surface area contributed by atoms with Gasteiger partial charge in [0.1, 0.15) is 11.5 Å². The van der Waals surface area contributed by atoms with Crippen LogP contribution in [0.25, 0.3) is 0 Å². The lowest BCUT2D eigenvalue weighted by Gasteiger charge is -2.20. The van der Waals surface area contributed by atoms with Gasteiger partial charge in [-0.25, -0.2) is 4.98 Å². The van der Waals surface area contributed by atoms with Crippen molar-refractivity contribution in [2.75, 3.05) is 11.9 Å². The van der Waals surface area contributed by atoms with E-state index in [0.717, 1.165) is 25.7 Å². The number of nitrogens with one attached hydrogen (secondary N) is 1. The van der Waals surface area contributed by atoms with E-state index < -0.39 is 0 Å². The molecule has 0 saturated heterocycles. The van der Waals surface area contributed by atoms with Crippen LogP contribution in [0.4, 0.5) is 5.82 Å². The molecular weight excluding hydrogens is 238 g/mol. The molecule has 1 heterocycles. The molecule has 1 saturated carbocycles. The maximum atomic E-state index is 12.1. The van der Waals surface area contributed by atoms with Crippen LogP contribution in [0.15, 0.2) is 18.2 Å². The molecule has 100 valence electrons. The highest BCUT2D eigenvalue weighted by atomic mass is 16.1.